The summed E-state index contributed by atoms with van der Waals surface area (Å²) in [6.45, 7) is -0.186. The molecule has 2 aromatic carbocycles. The zero-order valence-electron chi connectivity index (χ0n) is 15.5. The maximum absolute atomic E-state index is 13.8. The number of imide groups is 1. The zero-order valence-corrected chi connectivity index (χ0v) is 15.5. The highest BCUT2D eigenvalue weighted by molar-refractivity contribution is 6.13. The van der Waals surface area contributed by atoms with Gasteiger partial charge in [-0.05, 0) is 30.3 Å². The van der Waals surface area contributed by atoms with Gasteiger partial charge in [-0.25, -0.2) is 14.0 Å². The van der Waals surface area contributed by atoms with Crippen molar-refractivity contribution < 1.29 is 28.3 Å². The highest BCUT2D eigenvalue weighted by atomic mass is 19.1. The first-order valence-electron chi connectivity index (χ1n) is 8.94. The number of carboxylic acid groups (broad SMARTS) is 1. The molecule has 0 atom stereocenters. The van der Waals surface area contributed by atoms with E-state index in [4.69, 9.17) is 9.52 Å². The lowest BCUT2D eigenvalue weighted by Crippen LogP contribution is -2.30. The molecule has 1 fully saturated rings. The molecule has 3 amide bonds. The molecule has 2 heterocycles. The molecule has 0 saturated carbocycles. The van der Waals surface area contributed by atoms with Crippen molar-refractivity contribution in [2.24, 2.45) is 0 Å². The van der Waals surface area contributed by atoms with Crippen LogP contribution in [0.3, 0.4) is 0 Å². The molecule has 0 radical (unpaired) electrons. The second kappa shape index (κ2) is 7.67. The normalized spacial score (nSPS) is 15.0. The number of nitrogens with zero attached hydrogens (tertiary/aromatic N) is 1. The van der Waals surface area contributed by atoms with Crippen molar-refractivity contribution in [3.05, 3.63) is 89.1 Å². The van der Waals surface area contributed by atoms with Gasteiger partial charge in [-0.2, -0.15) is 0 Å². The summed E-state index contributed by atoms with van der Waals surface area (Å²) in [6.07, 6.45) is 1.39. The Morgan fingerprint density at radius 3 is 2.50 bits per heavy atom. The quantitative estimate of drug-likeness (QED) is 0.495. The number of benzene rings is 2. The Balaban J connectivity index is 1.53. The molecular weight excluding hydrogens is 391 g/mol. The number of carbonyl (C=O) groups excluding carboxylic acids is 2. The van der Waals surface area contributed by atoms with Gasteiger partial charge in [-0.1, -0.05) is 30.3 Å². The lowest BCUT2D eigenvalue weighted by Gasteiger charge is -2.12. The molecule has 7 nitrogen and oxygen atoms in total. The van der Waals surface area contributed by atoms with Crippen LogP contribution in [0.15, 0.2) is 70.8 Å². The van der Waals surface area contributed by atoms with Crippen LogP contribution < -0.4 is 5.32 Å². The summed E-state index contributed by atoms with van der Waals surface area (Å²) >= 11 is 0. The van der Waals surface area contributed by atoms with Gasteiger partial charge in [0.05, 0.1) is 12.1 Å². The minimum absolute atomic E-state index is 0.0125. The standard InChI is InChI=1S/C22H15FN2O5/c23-17-4-2-1-3-15(17)12-25-20(26)18(24-22(25)29)11-16-9-10-19(30-16)13-5-7-14(8-6-13)21(27)28/h1-11H,12H2,(H,24,29)(H,27,28). The fourth-order valence-corrected chi connectivity index (χ4v) is 3.02. The van der Waals surface area contributed by atoms with E-state index < -0.39 is 23.7 Å². The molecule has 8 heteroatoms. The van der Waals surface area contributed by atoms with E-state index in [0.717, 1.165) is 4.90 Å². The topological polar surface area (TPSA) is 99.9 Å². The smallest absolute Gasteiger partial charge is 0.335 e. The monoisotopic (exact) mass is 406 g/mol. The lowest BCUT2D eigenvalue weighted by atomic mass is 10.1. The van der Waals surface area contributed by atoms with Gasteiger partial charge in [0.15, 0.2) is 0 Å². The molecule has 0 spiro atoms. The van der Waals surface area contributed by atoms with Gasteiger partial charge in [0.2, 0.25) is 0 Å². The van der Waals surface area contributed by atoms with Crippen LogP contribution in [0.2, 0.25) is 0 Å². The molecule has 150 valence electrons. The number of halogens is 1. The summed E-state index contributed by atoms with van der Waals surface area (Å²) in [5.74, 6) is -1.32. The number of carboxylic acids is 1. The number of hydrogen-bond donors (Lipinski definition) is 2. The Morgan fingerprint density at radius 2 is 1.80 bits per heavy atom. The molecule has 0 aliphatic carbocycles. The number of amides is 3. The van der Waals surface area contributed by atoms with Crippen LogP contribution in [0, 0.1) is 5.82 Å². The van der Waals surface area contributed by atoms with Gasteiger partial charge in [-0.3, -0.25) is 9.69 Å². The molecule has 1 aromatic heterocycles. The van der Waals surface area contributed by atoms with Crippen LogP contribution in [0.1, 0.15) is 21.7 Å². The van der Waals surface area contributed by atoms with E-state index in [1.54, 1.807) is 30.3 Å². The third kappa shape index (κ3) is 3.70. The van der Waals surface area contributed by atoms with Crippen LogP contribution in [0.5, 0.6) is 0 Å². The second-order valence-corrected chi connectivity index (χ2v) is 6.56. The van der Waals surface area contributed by atoms with Crippen molar-refractivity contribution in [3.8, 4) is 11.3 Å². The van der Waals surface area contributed by atoms with Gasteiger partial charge < -0.3 is 14.8 Å². The number of furan rings is 1. The number of carbonyl (C=O) groups is 3. The Labute approximate surface area is 170 Å². The fourth-order valence-electron chi connectivity index (χ4n) is 3.02. The zero-order chi connectivity index (χ0) is 21.3. The van der Waals surface area contributed by atoms with Crippen molar-refractivity contribution in [2.75, 3.05) is 0 Å². The van der Waals surface area contributed by atoms with E-state index in [1.807, 2.05) is 0 Å². The molecule has 2 N–H and O–H groups in total. The van der Waals surface area contributed by atoms with E-state index in [9.17, 15) is 18.8 Å². The van der Waals surface area contributed by atoms with E-state index >= 15 is 0 Å². The number of hydrogen-bond acceptors (Lipinski definition) is 4. The average Bonchev–Trinajstić information content (AvgIpc) is 3.30. The maximum Gasteiger partial charge on any atom is 0.335 e. The van der Waals surface area contributed by atoms with E-state index in [1.165, 1.54) is 36.4 Å². The van der Waals surface area contributed by atoms with Crippen LogP contribution in [0.25, 0.3) is 17.4 Å². The molecule has 0 bridgehead atoms. The first-order valence-corrected chi connectivity index (χ1v) is 8.94. The average molecular weight is 406 g/mol. The van der Waals surface area contributed by atoms with E-state index in [2.05, 4.69) is 5.32 Å². The number of rotatable bonds is 5. The Kier molecular flexibility index (Phi) is 4.89. The SMILES string of the molecule is O=C(O)c1ccc(-c2ccc(C=C3NC(=O)N(Cc4ccccc4F)C3=O)o2)cc1. The first kappa shape index (κ1) is 19.1. The summed E-state index contributed by atoms with van der Waals surface area (Å²) in [4.78, 5) is 36.6. The minimum atomic E-state index is -1.03. The molecule has 0 unspecified atom stereocenters. The van der Waals surface area contributed by atoms with Crippen molar-refractivity contribution in [1.82, 2.24) is 10.2 Å². The van der Waals surface area contributed by atoms with Gasteiger partial charge >= 0.3 is 12.0 Å². The summed E-state index contributed by atoms with van der Waals surface area (Å²) in [6, 6.07) is 14.7. The number of aromatic carboxylic acids is 1. The molecule has 1 aliphatic heterocycles. The Morgan fingerprint density at radius 1 is 1.07 bits per heavy atom. The summed E-state index contributed by atoms with van der Waals surface area (Å²) in [5, 5.41) is 11.4. The molecular formula is C22H15FN2O5. The largest absolute Gasteiger partial charge is 0.478 e. The molecule has 1 aliphatic rings. The molecule has 3 aromatic rings. The summed E-state index contributed by atoms with van der Waals surface area (Å²) < 4.78 is 19.5. The predicted molar refractivity (Wildman–Crippen MR) is 105 cm³/mol. The van der Waals surface area contributed by atoms with Crippen LogP contribution >= 0.6 is 0 Å². The van der Waals surface area contributed by atoms with Crippen molar-refractivity contribution >= 4 is 24.0 Å². The number of urea groups is 1. The predicted octanol–water partition coefficient (Wildman–Crippen LogP) is 3.88. The van der Waals surface area contributed by atoms with Crippen molar-refractivity contribution in [1.29, 1.82) is 0 Å². The van der Waals surface area contributed by atoms with Gasteiger partial charge in [0, 0.05) is 17.2 Å². The summed E-state index contributed by atoms with van der Waals surface area (Å²) in [5.41, 5.74) is 1.06. The highest BCUT2D eigenvalue weighted by Gasteiger charge is 2.34. The highest BCUT2D eigenvalue weighted by Crippen LogP contribution is 2.25. The second-order valence-electron chi connectivity index (χ2n) is 6.56. The molecule has 30 heavy (non-hydrogen) atoms. The van der Waals surface area contributed by atoms with E-state index in [0.29, 0.717) is 17.1 Å². The summed E-state index contributed by atoms with van der Waals surface area (Å²) in [7, 11) is 0. The van der Waals surface area contributed by atoms with E-state index in [-0.39, 0.29) is 23.4 Å². The first-order chi connectivity index (χ1) is 14.4. The minimum Gasteiger partial charge on any atom is -0.478 e. The van der Waals surface area contributed by atoms with Crippen LogP contribution in [-0.4, -0.2) is 27.9 Å². The third-order valence-corrected chi connectivity index (χ3v) is 4.58. The lowest BCUT2D eigenvalue weighted by molar-refractivity contribution is -0.123. The Bertz CT molecular complexity index is 1180. The van der Waals surface area contributed by atoms with Gasteiger partial charge in [0.25, 0.3) is 5.91 Å². The van der Waals surface area contributed by atoms with Gasteiger partial charge in [-0.15, -0.1) is 0 Å². The molecule has 4 rings (SSSR count). The Hall–Kier alpha value is -4.20. The van der Waals surface area contributed by atoms with Crippen LogP contribution in [-0.2, 0) is 11.3 Å². The fraction of sp³-hybridized carbons (Fsp3) is 0.0455. The van der Waals surface area contributed by atoms with Crippen molar-refractivity contribution in [2.45, 2.75) is 6.54 Å². The number of nitrogens with one attached hydrogen (secondary N) is 1. The maximum atomic E-state index is 13.8. The third-order valence-electron chi connectivity index (χ3n) is 4.58. The van der Waals surface area contributed by atoms with Gasteiger partial charge in [0.1, 0.15) is 23.0 Å². The van der Waals surface area contributed by atoms with Crippen molar-refractivity contribution in [3.63, 3.8) is 0 Å². The molecule has 1 saturated heterocycles. The van der Waals surface area contributed by atoms with Crippen LogP contribution in [0.4, 0.5) is 9.18 Å².